The van der Waals surface area contributed by atoms with Crippen molar-refractivity contribution in [2.45, 2.75) is 6.04 Å². The zero-order valence-corrected chi connectivity index (χ0v) is 11.4. The molecule has 1 heterocycles. The van der Waals surface area contributed by atoms with Gasteiger partial charge in [-0.2, -0.15) is 0 Å². The SMILES string of the molecule is COC(=O)c1cc(NC(=O)C2CSCN2)c(F)cc1F. The first-order chi connectivity index (χ1) is 9.52. The van der Waals surface area contributed by atoms with E-state index in [4.69, 9.17) is 0 Å². The van der Waals surface area contributed by atoms with Crippen LogP contribution in [0.3, 0.4) is 0 Å². The van der Waals surface area contributed by atoms with E-state index >= 15 is 0 Å². The second-order valence-corrected chi connectivity index (χ2v) is 5.09. The molecule has 0 saturated carbocycles. The summed E-state index contributed by atoms with van der Waals surface area (Å²) in [7, 11) is 1.09. The number of esters is 1. The zero-order chi connectivity index (χ0) is 14.7. The molecule has 1 aromatic rings. The van der Waals surface area contributed by atoms with E-state index in [2.05, 4.69) is 15.4 Å². The van der Waals surface area contributed by atoms with Crippen molar-refractivity contribution in [2.75, 3.05) is 24.1 Å². The number of methoxy groups -OCH3 is 1. The van der Waals surface area contributed by atoms with Crippen LogP contribution in [-0.4, -0.2) is 36.7 Å². The number of amides is 1. The van der Waals surface area contributed by atoms with Gasteiger partial charge in [0.15, 0.2) is 0 Å². The lowest BCUT2D eigenvalue weighted by atomic mass is 10.1. The Kier molecular flexibility index (Phi) is 4.56. The Bertz CT molecular complexity index is 548. The molecule has 1 aliphatic heterocycles. The van der Waals surface area contributed by atoms with Crippen LogP contribution in [-0.2, 0) is 9.53 Å². The van der Waals surface area contributed by atoms with Crippen molar-refractivity contribution in [1.82, 2.24) is 5.32 Å². The fourth-order valence-electron chi connectivity index (χ4n) is 1.69. The smallest absolute Gasteiger partial charge is 0.340 e. The average molecular weight is 302 g/mol. The Morgan fingerprint density at radius 1 is 1.40 bits per heavy atom. The van der Waals surface area contributed by atoms with E-state index in [1.807, 2.05) is 0 Å². The second kappa shape index (κ2) is 6.19. The van der Waals surface area contributed by atoms with Gasteiger partial charge >= 0.3 is 5.97 Å². The highest BCUT2D eigenvalue weighted by molar-refractivity contribution is 7.99. The van der Waals surface area contributed by atoms with Crippen molar-refractivity contribution in [3.63, 3.8) is 0 Å². The first-order valence-corrected chi connectivity index (χ1v) is 6.87. The number of anilines is 1. The number of thioether (sulfide) groups is 1. The lowest BCUT2D eigenvalue weighted by Gasteiger charge is -2.12. The standard InChI is InChI=1S/C12H12F2N2O3S/c1-19-12(18)6-2-9(8(14)3-7(6)13)16-11(17)10-4-20-5-15-10/h2-3,10,15H,4-5H2,1H3,(H,16,17). The summed E-state index contributed by atoms with van der Waals surface area (Å²) in [4.78, 5) is 23.2. The van der Waals surface area contributed by atoms with Crippen LogP contribution in [0, 0.1) is 11.6 Å². The van der Waals surface area contributed by atoms with Gasteiger partial charge in [0.2, 0.25) is 5.91 Å². The molecule has 1 amide bonds. The van der Waals surface area contributed by atoms with E-state index in [-0.39, 0.29) is 5.69 Å². The maximum Gasteiger partial charge on any atom is 0.340 e. The molecule has 0 spiro atoms. The van der Waals surface area contributed by atoms with Crippen LogP contribution >= 0.6 is 11.8 Å². The van der Waals surface area contributed by atoms with Gasteiger partial charge < -0.3 is 10.1 Å². The molecule has 108 valence electrons. The predicted octanol–water partition coefficient (Wildman–Crippen LogP) is 1.35. The monoisotopic (exact) mass is 302 g/mol. The fraction of sp³-hybridized carbons (Fsp3) is 0.333. The molecule has 2 rings (SSSR count). The van der Waals surface area contributed by atoms with Gasteiger partial charge in [0.25, 0.3) is 0 Å². The molecule has 0 radical (unpaired) electrons. The van der Waals surface area contributed by atoms with E-state index in [1.54, 1.807) is 0 Å². The van der Waals surface area contributed by atoms with E-state index in [0.29, 0.717) is 17.7 Å². The number of nitrogens with one attached hydrogen (secondary N) is 2. The molecule has 0 bridgehead atoms. The number of benzene rings is 1. The summed E-state index contributed by atoms with van der Waals surface area (Å²) in [6.07, 6.45) is 0. The average Bonchev–Trinajstić information content (AvgIpc) is 2.95. The molecule has 20 heavy (non-hydrogen) atoms. The van der Waals surface area contributed by atoms with Crippen molar-refractivity contribution in [3.8, 4) is 0 Å². The van der Waals surface area contributed by atoms with Gasteiger partial charge in [-0.3, -0.25) is 10.1 Å². The predicted molar refractivity (Wildman–Crippen MR) is 70.6 cm³/mol. The number of carbonyl (C=O) groups excluding carboxylic acids is 2. The Morgan fingerprint density at radius 3 is 2.75 bits per heavy atom. The van der Waals surface area contributed by atoms with Crippen LogP contribution in [0.4, 0.5) is 14.5 Å². The highest BCUT2D eigenvalue weighted by Gasteiger charge is 2.24. The lowest BCUT2D eigenvalue weighted by molar-refractivity contribution is -0.117. The van der Waals surface area contributed by atoms with Crippen LogP contribution in [0.1, 0.15) is 10.4 Å². The number of halogens is 2. The fourth-order valence-corrected chi connectivity index (χ4v) is 2.64. The maximum atomic E-state index is 13.6. The van der Waals surface area contributed by atoms with Crippen molar-refractivity contribution in [3.05, 3.63) is 29.3 Å². The Labute approximate surface area is 118 Å². The van der Waals surface area contributed by atoms with Gasteiger partial charge in [-0.1, -0.05) is 0 Å². The Morgan fingerprint density at radius 2 is 2.15 bits per heavy atom. The van der Waals surface area contributed by atoms with Crippen LogP contribution in [0.2, 0.25) is 0 Å². The largest absolute Gasteiger partial charge is 0.465 e. The van der Waals surface area contributed by atoms with E-state index in [0.717, 1.165) is 13.2 Å². The van der Waals surface area contributed by atoms with E-state index < -0.39 is 35.1 Å². The summed E-state index contributed by atoms with van der Waals surface area (Å²) >= 11 is 1.54. The number of hydrogen-bond acceptors (Lipinski definition) is 5. The lowest BCUT2D eigenvalue weighted by Crippen LogP contribution is -2.37. The second-order valence-electron chi connectivity index (χ2n) is 4.06. The Hall–Kier alpha value is -1.67. The summed E-state index contributed by atoms with van der Waals surface area (Å²) < 4.78 is 31.4. The molecule has 1 unspecified atom stereocenters. The molecule has 1 fully saturated rings. The quantitative estimate of drug-likeness (QED) is 0.825. The first-order valence-electron chi connectivity index (χ1n) is 5.72. The van der Waals surface area contributed by atoms with Crippen molar-refractivity contribution in [2.24, 2.45) is 0 Å². The van der Waals surface area contributed by atoms with Gasteiger partial charge in [0.05, 0.1) is 24.4 Å². The molecular weight excluding hydrogens is 290 g/mol. The van der Waals surface area contributed by atoms with Crippen LogP contribution in [0.5, 0.6) is 0 Å². The van der Waals surface area contributed by atoms with Gasteiger partial charge in [0.1, 0.15) is 11.6 Å². The van der Waals surface area contributed by atoms with Gasteiger partial charge in [0, 0.05) is 17.7 Å². The third-order valence-electron chi connectivity index (χ3n) is 2.75. The molecule has 2 N–H and O–H groups in total. The third kappa shape index (κ3) is 3.07. The number of ether oxygens (including phenoxy) is 1. The van der Waals surface area contributed by atoms with Crippen molar-refractivity contribution in [1.29, 1.82) is 0 Å². The van der Waals surface area contributed by atoms with Gasteiger partial charge in [-0.25, -0.2) is 13.6 Å². The minimum atomic E-state index is -1.04. The molecule has 0 aromatic heterocycles. The van der Waals surface area contributed by atoms with Crippen molar-refractivity contribution < 1.29 is 23.1 Å². The van der Waals surface area contributed by atoms with Gasteiger partial charge in [-0.05, 0) is 6.07 Å². The minimum Gasteiger partial charge on any atom is -0.465 e. The van der Waals surface area contributed by atoms with Gasteiger partial charge in [-0.15, -0.1) is 11.8 Å². The summed E-state index contributed by atoms with van der Waals surface area (Å²) in [5, 5.41) is 5.25. The number of hydrogen-bond donors (Lipinski definition) is 2. The maximum absolute atomic E-state index is 13.6. The molecule has 1 saturated heterocycles. The minimum absolute atomic E-state index is 0.254. The molecule has 1 aromatic carbocycles. The molecule has 0 aliphatic carbocycles. The number of rotatable bonds is 3. The number of carbonyl (C=O) groups is 2. The first kappa shape index (κ1) is 14.7. The molecule has 5 nitrogen and oxygen atoms in total. The normalized spacial score (nSPS) is 17.9. The third-order valence-corrected chi connectivity index (χ3v) is 3.69. The van der Waals surface area contributed by atoms with Crippen LogP contribution < -0.4 is 10.6 Å². The summed E-state index contributed by atoms with van der Waals surface area (Å²) in [6.45, 7) is 0. The molecular formula is C12H12F2N2O3S. The van der Waals surface area contributed by atoms with E-state index in [1.165, 1.54) is 11.8 Å². The molecule has 1 atom stereocenters. The Balaban J connectivity index is 2.22. The molecule has 8 heteroatoms. The topological polar surface area (TPSA) is 67.4 Å². The molecule has 1 aliphatic rings. The summed E-state index contributed by atoms with van der Waals surface area (Å²) in [5.41, 5.74) is -0.687. The highest BCUT2D eigenvalue weighted by atomic mass is 32.2. The van der Waals surface area contributed by atoms with Crippen molar-refractivity contribution >= 4 is 29.3 Å². The summed E-state index contributed by atoms with van der Waals surface area (Å²) in [6, 6.07) is 1.03. The van der Waals surface area contributed by atoms with E-state index in [9.17, 15) is 18.4 Å². The zero-order valence-electron chi connectivity index (χ0n) is 10.5. The highest BCUT2D eigenvalue weighted by Crippen LogP contribution is 2.21. The van der Waals surface area contributed by atoms with Crippen LogP contribution in [0.25, 0.3) is 0 Å². The summed E-state index contributed by atoms with van der Waals surface area (Å²) in [5.74, 6) is -2.16. The van der Waals surface area contributed by atoms with Crippen LogP contribution in [0.15, 0.2) is 12.1 Å².